The van der Waals surface area contributed by atoms with Crippen LogP contribution in [-0.4, -0.2) is 22.6 Å². The van der Waals surface area contributed by atoms with Crippen molar-refractivity contribution in [3.8, 4) is 0 Å². The molecule has 0 fully saturated rings. The van der Waals surface area contributed by atoms with Crippen LogP contribution < -0.4 is 5.32 Å². The predicted octanol–water partition coefficient (Wildman–Crippen LogP) is 3.34. The fourth-order valence-corrected chi connectivity index (χ4v) is 2.38. The largest absolute Gasteiger partial charge is 0.478 e. The Bertz CT molecular complexity index is 594. The van der Waals surface area contributed by atoms with Crippen molar-refractivity contribution in [2.24, 2.45) is 0 Å². The van der Waals surface area contributed by atoms with Crippen LogP contribution in [0, 0.1) is 11.6 Å². The fourth-order valence-electron chi connectivity index (χ4n) is 1.69. The molecule has 2 aromatic rings. The van der Waals surface area contributed by atoms with Crippen LogP contribution in [0.15, 0.2) is 23.7 Å². The number of thiazole rings is 1. The molecule has 0 radical (unpaired) electrons. The Morgan fingerprint density at radius 2 is 2.10 bits per heavy atom. The van der Waals surface area contributed by atoms with Crippen molar-refractivity contribution in [3.63, 3.8) is 0 Å². The summed E-state index contributed by atoms with van der Waals surface area (Å²) in [4.78, 5) is 14.8. The monoisotopic (exact) mass is 298 g/mol. The highest BCUT2D eigenvalue weighted by Gasteiger charge is 2.16. The van der Waals surface area contributed by atoms with E-state index in [1.807, 2.05) is 12.3 Å². The van der Waals surface area contributed by atoms with Gasteiger partial charge in [-0.15, -0.1) is 11.3 Å². The molecule has 0 amide bonds. The van der Waals surface area contributed by atoms with Gasteiger partial charge in [-0.3, -0.25) is 0 Å². The normalized spacial score (nSPS) is 12.2. The van der Waals surface area contributed by atoms with Crippen molar-refractivity contribution < 1.29 is 18.7 Å². The summed E-state index contributed by atoms with van der Waals surface area (Å²) in [5, 5.41) is 14.1. The molecule has 0 aliphatic rings. The predicted molar refractivity (Wildman–Crippen MR) is 72.3 cm³/mol. The molecule has 0 saturated heterocycles. The lowest BCUT2D eigenvalue weighted by molar-refractivity contribution is 0.0696. The Morgan fingerprint density at radius 1 is 1.45 bits per heavy atom. The van der Waals surface area contributed by atoms with Gasteiger partial charge in [0.1, 0.15) is 17.3 Å². The topological polar surface area (TPSA) is 62.2 Å². The highest BCUT2D eigenvalue weighted by Crippen LogP contribution is 2.23. The van der Waals surface area contributed by atoms with Crippen LogP contribution in [0.5, 0.6) is 0 Å². The number of halogens is 2. The molecular weight excluding hydrogens is 286 g/mol. The highest BCUT2D eigenvalue weighted by molar-refractivity contribution is 7.09. The number of aromatic carboxylic acids is 1. The number of benzene rings is 1. The van der Waals surface area contributed by atoms with E-state index in [9.17, 15) is 13.6 Å². The van der Waals surface area contributed by atoms with Gasteiger partial charge in [0.2, 0.25) is 0 Å². The third-order valence-corrected chi connectivity index (χ3v) is 3.75. The smallest absolute Gasteiger partial charge is 0.335 e. The van der Waals surface area contributed by atoms with Crippen LogP contribution >= 0.6 is 11.3 Å². The summed E-state index contributed by atoms with van der Waals surface area (Å²) in [7, 11) is 0. The van der Waals surface area contributed by atoms with Crippen LogP contribution in [0.4, 0.5) is 14.5 Å². The molecule has 1 unspecified atom stereocenters. The maximum Gasteiger partial charge on any atom is 0.335 e. The van der Waals surface area contributed by atoms with Gasteiger partial charge in [-0.1, -0.05) is 6.92 Å². The Balaban J connectivity index is 2.12. The molecule has 2 rings (SSSR count). The first-order valence-corrected chi connectivity index (χ1v) is 6.72. The zero-order valence-corrected chi connectivity index (χ0v) is 11.4. The fraction of sp³-hybridized carbons (Fsp3) is 0.231. The van der Waals surface area contributed by atoms with Gasteiger partial charge in [0.05, 0.1) is 10.6 Å². The number of carboxylic acid groups (broad SMARTS) is 1. The van der Waals surface area contributed by atoms with Gasteiger partial charge in [0.15, 0.2) is 0 Å². The summed E-state index contributed by atoms with van der Waals surface area (Å²) in [5.41, 5.74) is -0.739. The lowest BCUT2D eigenvalue weighted by Gasteiger charge is -2.13. The quantitative estimate of drug-likeness (QED) is 0.888. The lowest BCUT2D eigenvalue weighted by Crippen LogP contribution is -2.12. The van der Waals surface area contributed by atoms with Gasteiger partial charge < -0.3 is 10.4 Å². The molecule has 1 heterocycles. The molecule has 2 N–H and O–H groups in total. The van der Waals surface area contributed by atoms with Gasteiger partial charge in [-0.2, -0.15) is 0 Å². The van der Waals surface area contributed by atoms with Crippen LogP contribution in [0.25, 0.3) is 0 Å². The highest BCUT2D eigenvalue weighted by atomic mass is 32.1. The average molecular weight is 298 g/mol. The van der Waals surface area contributed by atoms with Gasteiger partial charge in [-0.05, 0) is 12.1 Å². The summed E-state index contributed by atoms with van der Waals surface area (Å²) in [5.74, 6) is -3.22. The van der Waals surface area contributed by atoms with E-state index in [1.54, 1.807) is 6.20 Å². The number of rotatable bonds is 5. The average Bonchev–Trinajstić information content (AvgIpc) is 2.91. The third-order valence-electron chi connectivity index (χ3n) is 2.75. The van der Waals surface area contributed by atoms with Gasteiger partial charge in [0, 0.05) is 24.0 Å². The van der Waals surface area contributed by atoms with Crippen molar-refractivity contribution in [2.75, 3.05) is 11.9 Å². The van der Waals surface area contributed by atoms with Gasteiger partial charge in [0.25, 0.3) is 0 Å². The van der Waals surface area contributed by atoms with Crippen molar-refractivity contribution in [3.05, 3.63) is 45.9 Å². The second-order valence-corrected chi connectivity index (χ2v) is 5.20. The standard InChI is InChI=1S/C13H12F2N2O2S/c1-7(12-16-2-3-20-12)6-17-11-9(14)4-8(13(18)19)5-10(11)15/h2-5,7,17H,6H2,1H3,(H,18,19). The molecular formula is C13H12F2N2O2S. The molecule has 7 heteroatoms. The maximum atomic E-state index is 13.7. The van der Waals surface area contributed by atoms with E-state index in [4.69, 9.17) is 5.11 Å². The van der Waals surface area contributed by atoms with E-state index in [1.165, 1.54) is 11.3 Å². The summed E-state index contributed by atoms with van der Waals surface area (Å²) < 4.78 is 27.4. The first-order valence-electron chi connectivity index (χ1n) is 5.84. The Morgan fingerprint density at radius 3 is 2.60 bits per heavy atom. The molecule has 0 saturated carbocycles. The summed E-state index contributed by atoms with van der Waals surface area (Å²) in [6.07, 6.45) is 1.67. The third kappa shape index (κ3) is 3.11. The van der Waals surface area contributed by atoms with E-state index in [0.29, 0.717) is 6.54 Å². The second-order valence-electron chi connectivity index (χ2n) is 4.27. The number of aromatic nitrogens is 1. The summed E-state index contributed by atoms with van der Waals surface area (Å²) in [6, 6.07) is 1.59. The molecule has 4 nitrogen and oxygen atoms in total. The molecule has 0 bridgehead atoms. The minimum atomic E-state index is -1.37. The molecule has 1 aromatic heterocycles. The van der Waals surface area contributed by atoms with Crippen molar-refractivity contribution in [1.29, 1.82) is 0 Å². The van der Waals surface area contributed by atoms with Gasteiger partial charge >= 0.3 is 5.97 Å². The number of carboxylic acids is 1. The minimum absolute atomic E-state index is 0.00653. The zero-order valence-electron chi connectivity index (χ0n) is 10.6. The molecule has 0 aliphatic heterocycles. The van der Waals surface area contributed by atoms with E-state index < -0.39 is 23.2 Å². The van der Waals surface area contributed by atoms with E-state index in [2.05, 4.69) is 10.3 Å². The number of nitrogens with one attached hydrogen (secondary N) is 1. The van der Waals surface area contributed by atoms with Crippen LogP contribution in [0.2, 0.25) is 0 Å². The number of nitrogens with zero attached hydrogens (tertiary/aromatic N) is 1. The van der Waals surface area contributed by atoms with Crippen molar-refractivity contribution in [1.82, 2.24) is 4.98 Å². The first-order chi connectivity index (χ1) is 9.49. The zero-order chi connectivity index (χ0) is 14.7. The van der Waals surface area contributed by atoms with Crippen molar-refractivity contribution >= 4 is 23.0 Å². The Hall–Kier alpha value is -2.02. The molecule has 1 aromatic carbocycles. The number of hydrogen-bond donors (Lipinski definition) is 2. The lowest BCUT2D eigenvalue weighted by atomic mass is 10.1. The number of hydrogen-bond acceptors (Lipinski definition) is 4. The van der Waals surface area contributed by atoms with E-state index in [-0.39, 0.29) is 11.6 Å². The van der Waals surface area contributed by atoms with Crippen LogP contribution in [-0.2, 0) is 0 Å². The molecule has 1 atom stereocenters. The molecule has 20 heavy (non-hydrogen) atoms. The summed E-state index contributed by atoms with van der Waals surface area (Å²) >= 11 is 1.46. The van der Waals surface area contributed by atoms with E-state index in [0.717, 1.165) is 17.1 Å². The Kier molecular flexibility index (Phi) is 4.29. The number of carbonyl (C=O) groups is 1. The molecule has 106 valence electrons. The summed E-state index contributed by atoms with van der Waals surface area (Å²) in [6.45, 7) is 2.18. The SMILES string of the molecule is CC(CNc1c(F)cc(C(=O)O)cc1F)c1nccs1. The molecule has 0 spiro atoms. The second kappa shape index (κ2) is 5.96. The Labute approximate surface area is 118 Å². The maximum absolute atomic E-state index is 13.7. The van der Waals surface area contributed by atoms with Crippen LogP contribution in [0.3, 0.4) is 0 Å². The number of anilines is 1. The van der Waals surface area contributed by atoms with Crippen LogP contribution in [0.1, 0.15) is 28.2 Å². The first kappa shape index (κ1) is 14.4. The van der Waals surface area contributed by atoms with Crippen molar-refractivity contribution in [2.45, 2.75) is 12.8 Å². The van der Waals surface area contributed by atoms with E-state index >= 15 is 0 Å². The van der Waals surface area contributed by atoms with Gasteiger partial charge in [-0.25, -0.2) is 18.6 Å². The molecule has 0 aliphatic carbocycles. The minimum Gasteiger partial charge on any atom is -0.478 e.